The first-order valence-electron chi connectivity index (χ1n) is 12.1. The van der Waals surface area contributed by atoms with Gasteiger partial charge in [0.1, 0.15) is 6.10 Å². The Morgan fingerprint density at radius 1 is 1.30 bits per heavy atom. The van der Waals surface area contributed by atoms with Crippen molar-refractivity contribution in [2.24, 2.45) is 11.8 Å². The van der Waals surface area contributed by atoms with Gasteiger partial charge in [-0.25, -0.2) is 4.79 Å². The van der Waals surface area contributed by atoms with E-state index in [1.54, 1.807) is 6.08 Å². The van der Waals surface area contributed by atoms with E-state index in [1.807, 2.05) is 56.4 Å². The highest BCUT2D eigenvalue weighted by molar-refractivity contribution is 5.82. The summed E-state index contributed by atoms with van der Waals surface area (Å²) in [6.45, 7) is 8.11. The number of aliphatic hydroxyl groups is 2. The summed E-state index contributed by atoms with van der Waals surface area (Å²) in [6.07, 6.45) is 22.0. The van der Waals surface area contributed by atoms with Gasteiger partial charge < -0.3 is 19.7 Å². The largest absolute Gasteiger partial charge is 0.455 e. The van der Waals surface area contributed by atoms with Crippen LogP contribution in [0.15, 0.2) is 72.4 Å². The number of hydrogen-bond donors (Lipinski definition) is 2. The fourth-order valence-corrected chi connectivity index (χ4v) is 4.01. The summed E-state index contributed by atoms with van der Waals surface area (Å²) in [5.74, 6) is 0.129. The smallest absolute Gasteiger partial charge is 0.331 e. The minimum Gasteiger partial charge on any atom is -0.455 e. The Hall–Kier alpha value is -2.21. The topological polar surface area (TPSA) is 76.0 Å². The minimum absolute atomic E-state index is 0.0142. The molecule has 2 N–H and O–H groups in total. The summed E-state index contributed by atoms with van der Waals surface area (Å²) in [5.41, 5.74) is 1.14. The van der Waals surface area contributed by atoms with Crippen LogP contribution in [0, 0.1) is 11.8 Å². The first-order valence-corrected chi connectivity index (χ1v) is 12.1. The molecule has 0 spiro atoms. The van der Waals surface area contributed by atoms with Crippen LogP contribution < -0.4 is 0 Å². The Morgan fingerprint density at radius 2 is 2.09 bits per heavy atom. The third kappa shape index (κ3) is 9.28. The Bertz CT molecular complexity index is 788. The predicted octanol–water partition coefficient (Wildman–Crippen LogP) is 4.98. The molecule has 2 aliphatic rings. The second kappa shape index (κ2) is 14.1. The summed E-state index contributed by atoms with van der Waals surface area (Å²) in [6, 6.07) is 0. The van der Waals surface area contributed by atoms with Gasteiger partial charge >= 0.3 is 5.97 Å². The van der Waals surface area contributed by atoms with Crippen LogP contribution in [0.2, 0.25) is 0 Å². The van der Waals surface area contributed by atoms with E-state index in [2.05, 4.69) is 26.0 Å². The lowest BCUT2D eigenvalue weighted by molar-refractivity contribution is -0.141. The van der Waals surface area contributed by atoms with Crippen molar-refractivity contribution in [3.8, 4) is 0 Å². The number of esters is 1. The average molecular weight is 457 g/mol. The van der Waals surface area contributed by atoms with Gasteiger partial charge in [-0.15, -0.1) is 0 Å². The third-order valence-electron chi connectivity index (χ3n) is 6.17. The SMILES string of the molecule is C/C=C/[C@@H]1O[C@H]([C@H](O)/C=C/C=C/C[C@H](/C=C(C)\C=C\[C@H]2CC=CC(=O)O2)CC)C[C@@H](O)[C@@H]1C. The van der Waals surface area contributed by atoms with Gasteiger partial charge in [-0.1, -0.05) is 74.1 Å². The van der Waals surface area contributed by atoms with E-state index in [0.29, 0.717) is 18.8 Å². The number of carbonyl (C=O) groups is 1. The van der Waals surface area contributed by atoms with E-state index in [-0.39, 0.29) is 24.1 Å². The lowest BCUT2D eigenvalue weighted by Crippen LogP contribution is -2.46. The number of rotatable bonds is 10. The van der Waals surface area contributed by atoms with Crippen LogP contribution in [0.5, 0.6) is 0 Å². The normalized spacial score (nSPS) is 31.2. The molecule has 1 saturated heterocycles. The van der Waals surface area contributed by atoms with E-state index in [0.717, 1.165) is 18.4 Å². The lowest BCUT2D eigenvalue weighted by Gasteiger charge is -2.38. The standard InChI is InChI=1S/C28H40O5/c1-5-11-26-21(4)25(30)19-27(33-26)24(29)14-9-7-8-12-22(6-2)18-20(3)16-17-23-13-10-15-28(31)32-23/h5,7-11,14-18,21-27,29-30H,6,12-13,19H2,1-4H3/b8-7+,11-5+,14-9+,17-16+,20-18-/t21-,22+,23+,24+,25+,26-,27-/m0/s1. The van der Waals surface area contributed by atoms with Crippen molar-refractivity contribution in [2.75, 3.05) is 0 Å². The zero-order valence-electron chi connectivity index (χ0n) is 20.3. The monoisotopic (exact) mass is 456 g/mol. The summed E-state index contributed by atoms with van der Waals surface area (Å²) in [5, 5.41) is 20.8. The molecular weight excluding hydrogens is 416 g/mol. The first kappa shape index (κ1) is 27.0. The van der Waals surface area contributed by atoms with E-state index >= 15 is 0 Å². The highest BCUT2D eigenvalue weighted by Crippen LogP contribution is 2.28. The Kier molecular flexibility index (Phi) is 11.6. The number of cyclic esters (lactones) is 1. The summed E-state index contributed by atoms with van der Waals surface area (Å²) < 4.78 is 11.2. The molecule has 33 heavy (non-hydrogen) atoms. The second-order valence-electron chi connectivity index (χ2n) is 8.92. The molecule has 0 amide bonds. The van der Waals surface area contributed by atoms with Gasteiger partial charge in [0.25, 0.3) is 0 Å². The van der Waals surface area contributed by atoms with Crippen molar-refractivity contribution in [2.45, 2.75) is 83.9 Å². The quantitative estimate of drug-likeness (QED) is 0.275. The van der Waals surface area contributed by atoms with Gasteiger partial charge in [-0.3, -0.25) is 0 Å². The van der Waals surface area contributed by atoms with Gasteiger partial charge in [0.05, 0.1) is 24.4 Å². The zero-order valence-corrected chi connectivity index (χ0v) is 20.3. The lowest BCUT2D eigenvalue weighted by atomic mass is 9.88. The molecule has 0 aromatic carbocycles. The van der Waals surface area contributed by atoms with Crippen molar-refractivity contribution in [1.29, 1.82) is 0 Å². The number of allylic oxidation sites excluding steroid dienone is 7. The predicted molar refractivity (Wildman–Crippen MR) is 132 cm³/mol. The molecular formula is C28H40O5. The van der Waals surface area contributed by atoms with Crippen molar-refractivity contribution >= 4 is 5.97 Å². The summed E-state index contributed by atoms with van der Waals surface area (Å²) in [7, 11) is 0. The molecule has 5 nitrogen and oxygen atoms in total. The minimum atomic E-state index is -0.762. The fraction of sp³-hybridized carbons (Fsp3) is 0.536. The van der Waals surface area contributed by atoms with Crippen LogP contribution in [-0.4, -0.2) is 46.7 Å². The van der Waals surface area contributed by atoms with E-state index < -0.39 is 18.3 Å². The van der Waals surface area contributed by atoms with Crippen LogP contribution in [-0.2, 0) is 14.3 Å². The highest BCUT2D eigenvalue weighted by Gasteiger charge is 2.35. The molecule has 0 aromatic heterocycles. The molecule has 2 rings (SSSR count). The van der Waals surface area contributed by atoms with Crippen molar-refractivity contribution in [1.82, 2.24) is 0 Å². The van der Waals surface area contributed by atoms with Gasteiger partial charge in [0.2, 0.25) is 0 Å². The molecule has 5 heteroatoms. The first-order chi connectivity index (χ1) is 15.8. The molecule has 0 unspecified atom stereocenters. The number of carbonyl (C=O) groups excluding carboxylic acids is 1. The Labute approximate surface area is 198 Å². The van der Waals surface area contributed by atoms with Gasteiger partial charge in [0, 0.05) is 24.8 Å². The third-order valence-corrected chi connectivity index (χ3v) is 6.17. The second-order valence-corrected chi connectivity index (χ2v) is 8.92. The van der Waals surface area contributed by atoms with Crippen LogP contribution in [0.1, 0.15) is 53.4 Å². The molecule has 0 aliphatic carbocycles. The van der Waals surface area contributed by atoms with Gasteiger partial charge in [-0.2, -0.15) is 0 Å². The molecule has 2 heterocycles. The van der Waals surface area contributed by atoms with Gasteiger partial charge in [-0.05, 0) is 38.7 Å². The van der Waals surface area contributed by atoms with Crippen LogP contribution in [0.3, 0.4) is 0 Å². The molecule has 0 aromatic rings. The Morgan fingerprint density at radius 3 is 2.79 bits per heavy atom. The van der Waals surface area contributed by atoms with Gasteiger partial charge in [0.15, 0.2) is 0 Å². The van der Waals surface area contributed by atoms with E-state index in [1.165, 1.54) is 6.08 Å². The maximum atomic E-state index is 11.3. The number of aliphatic hydroxyl groups excluding tert-OH is 2. The number of hydrogen-bond acceptors (Lipinski definition) is 5. The fourth-order valence-electron chi connectivity index (χ4n) is 4.01. The Balaban J connectivity index is 1.82. The highest BCUT2D eigenvalue weighted by atomic mass is 16.5. The zero-order chi connectivity index (χ0) is 24.2. The molecule has 1 fully saturated rings. The summed E-state index contributed by atoms with van der Waals surface area (Å²) in [4.78, 5) is 11.3. The van der Waals surface area contributed by atoms with Crippen molar-refractivity contribution < 1.29 is 24.5 Å². The van der Waals surface area contributed by atoms with E-state index in [9.17, 15) is 15.0 Å². The van der Waals surface area contributed by atoms with Crippen LogP contribution in [0.4, 0.5) is 0 Å². The maximum absolute atomic E-state index is 11.3. The molecule has 182 valence electrons. The average Bonchev–Trinajstić information content (AvgIpc) is 2.79. The maximum Gasteiger partial charge on any atom is 0.331 e. The summed E-state index contributed by atoms with van der Waals surface area (Å²) >= 11 is 0. The molecule has 0 radical (unpaired) electrons. The molecule has 7 atom stereocenters. The van der Waals surface area contributed by atoms with Crippen molar-refractivity contribution in [3.05, 3.63) is 72.4 Å². The molecule has 0 saturated carbocycles. The van der Waals surface area contributed by atoms with Crippen molar-refractivity contribution in [3.63, 3.8) is 0 Å². The van der Waals surface area contributed by atoms with E-state index in [4.69, 9.17) is 9.47 Å². The molecule has 2 aliphatic heterocycles. The van der Waals surface area contributed by atoms with Crippen LogP contribution in [0.25, 0.3) is 0 Å². The molecule has 0 bridgehead atoms. The number of ether oxygens (including phenoxy) is 2. The van der Waals surface area contributed by atoms with Crippen LogP contribution >= 0.6 is 0 Å².